The number of aliphatic hydroxyl groups excluding tert-OH is 1. The third kappa shape index (κ3) is 24.1. The van der Waals surface area contributed by atoms with Gasteiger partial charge in [-0.1, -0.05) is 136 Å². The molecule has 0 spiro atoms. The quantitative estimate of drug-likeness (QED) is 0.0829. The normalized spacial score (nSPS) is 13.4. The summed E-state index contributed by atoms with van der Waals surface area (Å²) in [4.78, 5) is 11.0. The highest BCUT2D eigenvalue weighted by molar-refractivity contribution is 5.50. The first-order valence-corrected chi connectivity index (χ1v) is 14.0. The second-order valence-electron chi connectivity index (χ2n) is 9.56. The van der Waals surface area contributed by atoms with Crippen LogP contribution in [0.1, 0.15) is 162 Å². The lowest BCUT2D eigenvalue weighted by Gasteiger charge is -2.20. The van der Waals surface area contributed by atoms with Crippen LogP contribution >= 0.6 is 0 Å². The Morgan fingerprint density at radius 3 is 1.32 bits per heavy atom. The molecule has 1 N–H and O–H groups in total. The Balaban J connectivity index is 3.57. The van der Waals surface area contributed by atoms with Crippen LogP contribution in [0.4, 0.5) is 0 Å². The van der Waals surface area contributed by atoms with Gasteiger partial charge in [-0.15, -0.1) is 0 Å². The van der Waals surface area contributed by atoms with Gasteiger partial charge < -0.3 is 14.6 Å². The average molecular weight is 441 g/mol. The van der Waals surface area contributed by atoms with E-state index in [-0.39, 0.29) is 6.10 Å². The van der Waals surface area contributed by atoms with Gasteiger partial charge in [0.15, 0.2) is 6.29 Å². The van der Waals surface area contributed by atoms with E-state index in [9.17, 15) is 9.90 Å². The summed E-state index contributed by atoms with van der Waals surface area (Å²) in [6, 6.07) is 0. The van der Waals surface area contributed by atoms with Gasteiger partial charge in [-0.05, 0) is 19.3 Å². The Kier molecular flexibility index (Phi) is 25.5. The fourth-order valence-corrected chi connectivity index (χ4v) is 4.30. The van der Waals surface area contributed by atoms with Gasteiger partial charge in [-0.3, -0.25) is 0 Å². The van der Waals surface area contributed by atoms with Gasteiger partial charge in [0, 0.05) is 6.42 Å². The van der Waals surface area contributed by atoms with Gasteiger partial charge in [0.05, 0.1) is 6.10 Å². The maximum Gasteiger partial charge on any atom is 0.154 e. The summed E-state index contributed by atoms with van der Waals surface area (Å²) < 4.78 is 5.78. The van der Waals surface area contributed by atoms with E-state index in [4.69, 9.17) is 4.74 Å². The number of hydrogen-bond acceptors (Lipinski definition) is 3. The van der Waals surface area contributed by atoms with Crippen LogP contribution in [-0.2, 0) is 9.53 Å². The predicted molar refractivity (Wildman–Crippen MR) is 134 cm³/mol. The summed E-state index contributed by atoms with van der Waals surface area (Å²) in [7, 11) is 0. The molecule has 0 aromatic rings. The van der Waals surface area contributed by atoms with Crippen LogP contribution in [0.2, 0.25) is 0 Å². The number of carbonyl (C=O) groups excluding carboxylic acids is 1. The second kappa shape index (κ2) is 25.8. The van der Waals surface area contributed by atoms with E-state index in [0.29, 0.717) is 12.8 Å². The summed E-state index contributed by atoms with van der Waals surface area (Å²) in [5.41, 5.74) is 0. The minimum Gasteiger partial charge on any atom is -0.368 e. The van der Waals surface area contributed by atoms with E-state index >= 15 is 0 Å². The van der Waals surface area contributed by atoms with Crippen molar-refractivity contribution in [2.24, 2.45) is 0 Å². The van der Waals surface area contributed by atoms with Crippen molar-refractivity contribution in [3.63, 3.8) is 0 Å². The molecule has 0 aliphatic carbocycles. The Morgan fingerprint density at radius 2 is 0.935 bits per heavy atom. The third-order valence-corrected chi connectivity index (χ3v) is 6.39. The molecule has 2 atom stereocenters. The highest BCUT2D eigenvalue weighted by Gasteiger charge is 2.14. The average Bonchev–Trinajstić information content (AvgIpc) is 2.76. The topological polar surface area (TPSA) is 46.5 Å². The molecular weight excluding hydrogens is 384 g/mol. The van der Waals surface area contributed by atoms with Crippen molar-refractivity contribution in [2.75, 3.05) is 0 Å². The fraction of sp³-hybridized carbons (Fsp3) is 0.964. The first-order valence-electron chi connectivity index (χ1n) is 14.0. The Labute approximate surface area is 195 Å². The zero-order valence-corrected chi connectivity index (χ0v) is 21.3. The molecule has 0 bridgehead atoms. The van der Waals surface area contributed by atoms with Crippen LogP contribution in [0.5, 0.6) is 0 Å². The fourth-order valence-electron chi connectivity index (χ4n) is 4.30. The van der Waals surface area contributed by atoms with E-state index in [0.717, 1.165) is 25.5 Å². The first kappa shape index (κ1) is 30.6. The van der Waals surface area contributed by atoms with Crippen LogP contribution in [-0.4, -0.2) is 23.8 Å². The lowest BCUT2D eigenvalue weighted by Crippen LogP contribution is -2.22. The van der Waals surface area contributed by atoms with Crippen LogP contribution in [0.3, 0.4) is 0 Å². The number of unbranched alkanes of at least 4 members (excludes halogenated alkanes) is 18. The molecule has 0 amide bonds. The molecule has 0 radical (unpaired) electrons. The number of hydrogen-bond donors (Lipinski definition) is 1. The molecule has 0 aliphatic rings. The van der Waals surface area contributed by atoms with E-state index in [2.05, 4.69) is 13.8 Å². The Hall–Kier alpha value is -0.410. The van der Waals surface area contributed by atoms with Crippen molar-refractivity contribution in [1.82, 2.24) is 0 Å². The van der Waals surface area contributed by atoms with Gasteiger partial charge in [0.2, 0.25) is 0 Å². The number of aldehydes is 1. The molecule has 31 heavy (non-hydrogen) atoms. The van der Waals surface area contributed by atoms with E-state index in [1.165, 1.54) is 116 Å². The van der Waals surface area contributed by atoms with Gasteiger partial charge in [0.25, 0.3) is 0 Å². The van der Waals surface area contributed by atoms with Crippen molar-refractivity contribution in [2.45, 2.75) is 174 Å². The highest BCUT2D eigenvalue weighted by atomic mass is 16.6. The highest BCUT2D eigenvalue weighted by Crippen LogP contribution is 2.17. The summed E-state index contributed by atoms with van der Waals surface area (Å²) in [6.45, 7) is 4.52. The van der Waals surface area contributed by atoms with Crippen LogP contribution < -0.4 is 0 Å². The number of aliphatic hydroxyl groups is 1. The van der Waals surface area contributed by atoms with Crippen molar-refractivity contribution in [3.05, 3.63) is 0 Å². The summed E-state index contributed by atoms with van der Waals surface area (Å²) >= 11 is 0. The molecule has 0 saturated heterocycles. The molecule has 0 fully saturated rings. The van der Waals surface area contributed by atoms with Gasteiger partial charge >= 0.3 is 0 Å². The smallest absolute Gasteiger partial charge is 0.154 e. The minimum atomic E-state index is -0.706. The van der Waals surface area contributed by atoms with Crippen molar-refractivity contribution < 1.29 is 14.6 Å². The van der Waals surface area contributed by atoms with Crippen LogP contribution in [0.25, 0.3) is 0 Å². The largest absolute Gasteiger partial charge is 0.368 e. The molecule has 0 saturated carbocycles. The zero-order valence-electron chi connectivity index (χ0n) is 21.3. The summed E-state index contributed by atoms with van der Waals surface area (Å²) in [5.74, 6) is 0. The SMILES string of the molecule is CCCCCCCCCCCCCC(O)OC(CC=O)CCCCCCCCCCC. The van der Waals surface area contributed by atoms with E-state index < -0.39 is 6.29 Å². The van der Waals surface area contributed by atoms with Gasteiger partial charge in [-0.2, -0.15) is 0 Å². The number of rotatable bonds is 26. The molecular formula is C28H56O3. The maximum atomic E-state index is 11.0. The molecule has 0 aromatic heterocycles. The Bertz CT molecular complexity index is 345. The Morgan fingerprint density at radius 1 is 0.581 bits per heavy atom. The van der Waals surface area contributed by atoms with Crippen LogP contribution in [0.15, 0.2) is 0 Å². The van der Waals surface area contributed by atoms with Gasteiger partial charge in [0.1, 0.15) is 6.29 Å². The molecule has 0 rings (SSSR count). The van der Waals surface area contributed by atoms with E-state index in [1.54, 1.807) is 0 Å². The molecule has 3 nitrogen and oxygen atoms in total. The lowest BCUT2D eigenvalue weighted by atomic mass is 10.0. The van der Waals surface area contributed by atoms with Crippen molar-refractivity contribution in [3.8, 4) is 0 Å². The molecule has 0 heterocycles. The first-order chi connectivity index (χ1) is 15.2. The molecule has 186 valence electrons. The van der Waals surface area contributed by atoms with Crippen molar-refractivity contribution >= 4 is 6.29 Å². The number of carbonyl (C=O) groups is 1. The summed E-state index contributed by atoms with van der Waals surface area (Å²) in [6.07, 6.45) is 28.2. The standard InChI is InChI=1S/C28H56O3/c1-3-5-7-9-11-13-14-16-18-20-22-24-28(30)31-27(25-26-29)23-21-19-17-15-12-10-8-6-4-2/h26-28,30H,3-25H2,1-2H3. The van der Waals surface area contributed by atoms with Gasteiger partial charge in [-0.25, -0.2) is 0 Å². The van der Waals surface area contributed by atoms with Crippen molar-refractivity contribution in [1.29, 1.82) is 0 Å². The molecule has 3 heteroatoms. The third-order valence-electron chi connectivity index (χ3n) is 6.39. The molecule has 0 aliphatic heterocycles. The maximum absolute atomic E-state index is 11.0. The minimum absolute atomic E-state index is 0.107. The monoisotopic (exact) mass is 440 g/mol. The molecule has 0 aromatic carbocycles. The summed E-state index contributed by atoms with van der Waals surface area (Å²) in [5, 5.41) is 10.2. The second-order valence-corrected chi connectivity index (χ2v) is 9.56. The lowest BCUT2D eigenvalue weighted by molar-refractivity contribution is -0.146. The predicted octanol–water partition coefficient (Wildman–Crippen LogP) is 8.90. The number of ether oxygens (including phenoxy) is 1. The van der Waals surface area contributed by atoms with Crippen LogP contribution in [0, 0.1) is 0 Å². The van der Waals surface area contributed by atoms with E-state index in [1.807, 2.05) is 0 Å². The zero-order chi connectivity index (χ0) is 22.8. The molecule has 2 unspecified atom stereocenters.